The predicted molar refractivity (Wildman–Crippen MR) is 82.5 cm³/mol. The third-order valence-corrected chi connectivity index (χ3v) is 3.93. The van der Waals surface area contributed by atoms with Gasteiger partial charge in [0, 0.05) is 9.26 Å². The maximum absolute atomic E-state index is 11.4. The van der Waals surface area contributed by atoms with Crippen molar-refractivity contribution in [2.75, 3.05) is 0 Å². The number of aromatic nitrogens is 1. The van der Waals surface area contributed by atoms with Crippen LogP contribution in [0.25, 0.3) is 0 Å². The number of fused-ring (bicyclic) bond motifs is 1. The van der Waals surface area contributed by atoms with Gasteiger partial charge in [-0.25, -0.2) is 9.78 Å². The number of aryl methyl sites for hydroxylation is 2. The van der Waals surface area contributed by atoms with E-state index in [9.17, 15) is 9.90 Å². The van der Waals surface area contributed by atoms with Crippen molar-refractivity contribution >= 4 is 28.6 Å². The van der Waals surface area contributed by atoms with Gasteiger partial charge in [0.15, 0.2) is 0 Å². The van der Waals surface area contributed by atoms with Gasteiger partial charge in [0.1, 0.15) is 11.3 Å². The number of aromatic carboxylic acids is 1. The summed E-state index contributed by atoms with van der Waals surface area (Å²) in [6, 6.07) is 9.15. The Balaban J connectivity index is 2.01. The van der Waals surface area contributed by atoms with Crippen molar-refractivity contribution in [1.82, 2.24) is 4.98 Å². The first-order valence-corrected chi connectivity index (χ1v) is 7.41. The average molecular weight is 381 g/mol. The molecule has 0 radical (unpaired) electrons. The second-order valence-corrected chi connectivity index (χ2v) is 5.91. The number of rotatable bonds is 3. The number of pyridine rings is 1. The summed E-state index contributed by atoms with van der Waals surface area (Å²) in [4.78, 5) is 15.8. The van der Waals surface area contributed by atoms with Crippen molar-refractivity contribution < 1.29 is 14.6 Å². The van der Waals surface area contributed by atoms with Crippen LogP contribution in [-0.2, 0) is 12.8 Å². The minimum Gasteiger partial charge on any atom is -0.477 e. The van der Waals surface area contributed by atoms with E-state index in [4.69, 9.17) is 4.74 Å². The molecule has 2 aromatic rings. The largest absolute Gasteiger partial charge is 0.477 e. The molecular formula is C15H12INO3. The van der Waals surface area contributed by atoms with Gasteiger partial charge in [0.2, 0.25) is 5.88 Å². The fraction of sp³-hybridized carbons (Fsp3) is 0.200. The molecule has 0 unspecified atom stereocenters. The van der Waals surface area contributed by atoms with Gasteiger partial charge in [-0.15, -0.1) is 0 Å². The zero-order valence-corrected chi connectivity index (χ0v) is 12.8. The minimum atomic E-state index is -1.01. The SMILES string of the molecule is O=C(O)c1cc2c(nc1Oc1cccc(I)c1)CCC2. The quantitative estimate of drug-likeness (QED) is 0.825. The Labute approximate surface area is 129 Å². The molecular weight excluding hydrogens is 369 g/mol. The first-order valence-electron chi connectivity index (χ1n) is 6.33. The molecule has 0 saturated heterocycles. The molecule has 5 heteroatoms. The van der Waals surface area contributed by atoms with Crippen molar-refractivity contribution in [3.63, 3.8) is 0 Å². The highest BCUT2D eigenvalue weighted by atomic mass is 127. The molecule has 1 aromatic heterocycles. The maximum Gasteiger partial charge on any atom is 0.341 e. The molecule has 1 aliphatic rings. The van der Waals surface area contributed by atoms with E-state index in [0.29, 0.717) is 5.75 Å². The molecule has 0 amide bonds. The summed E-state index contributed by atoms with van der Waals surface area (Å²) >= 11 is 2.18. The van der Waals surface area contributed by atoms with Gasteiger partial charge in [-0.1, -0.05) is 6.07 Å². The van der Waals surface area contributed by atoms with Crippen LogP contribution in [0.15, 0.2) is 30.3 Å². The van der Waals surface area contributed by atoms with Gasteiger partial charge < -0.3 is 9.84 Å². The predicted octanol–water partition coefficient (Wildman–Crippen LogP) is 3.67. The highest BCUT2D eigenvalue weighted by Crippen LogP contribution is 2.30. The molecule has 3 rings (SSSR count). The van der Waals surface area contributed by atoms with Crippen LogP contribution in [0, 0.1) is 3.57 Å². The number of nitrogens with zero attached hydrogens (tertiary/aromatic N) is 1. The van der Waals surface area contributed by atoms with Gasteiger partial charge >= 0.3 is 5.97 Å². The van der Waals surface area contributed by atoms with Gasteiger partial charge in [0.25, 0.3) is 0 Å². The Morgan fingerprint density at radius 1 is 1.30 bits per heavy atom. The zero-order chi connectivity index (χ0) is 14.1. The third-order valence-electron chi connectivity index (χ3n) is 3.26. The minimum absolute atomic E-state index is 0.129. The number of halogens is 1. The molecule has 0 bridgehead atoms. The lowest BCUT2D eigenvalue weighted by Gasteiger charge is -2.10. The number of hydrogen-bond donors (Lipinski definition) is 1. The van der Waals surface area contributed by atoms with Crippen molar-refractivity contribution in [2.24, 2.45) is 0 Å². The summed E-state index contributed by atoms with van der Waals surface area (Å²) in [5.74, 6) is -0.224. The number of hydrogen-bond acceptors (Lipinski definition) is 3. The molecule has 0 fully saturated rings. The fourth-order valence-corrected chi connectivity index (χ4v) is 2.84. The Morgan fingerprint density at radius 3 is 2.90 bits per heavy atom. The molecule has 1 heterocycles. The van der Waals surface area contributed by atoms with Crippen LogP contribution in [0.4, 0.5) is 0 Å². The lowest BCUT2D eigenvalue weighted by atomic mass is 10.1. The van der Waals surface area contributed by atoms with E-state index in [1.54, 1.807) is 12.1 Å². The van der Waals surface area contributed by atoms with Crippen LogP contribution in [-0.4, -0.2) is 16.1 Å². The van der Waals surface area contributed by atoms with Crippen molar-refractivity contribution in [2.45, 2.75) is 19.3 Å². The zero-order valence-electron chi connectivity index (χ0n) is 10.6. The van der Waals surface area contributed by atoms with Crippen LogP contribution in [0.5, 0.6) is 11.6 Å². The lowest BCUT2D eigenvalue weighted by Crippen LogP contribution is -2.05. The van der Waals surface area contributed by atoms with E-state index in [0.717, 1.165) is 34.1 Å². The molecule has 1 N–H and O–H groups in total. The van der Waals surface area contributed by atoms with Crippen LogP contribution in [0.2, 0.25) is 0 Å². The standard InChI is InChI=1S/C15H12INO3/c16-10-4-2-5-11(8-10)20-14-12(15(18)19)7-9-3-1-6-13(9)17-14/h2,4-5,7-8H,1,3,6H2,(H,18,19). The van der Waals surface area contributed by atoms with E-state index < -0.39 is 5.97 Å². The number of benzene rings is 1. The van der Waals surface area contributed by atoms with Crippen LogP contribution < -0.4 is 4.74 Å². The Morgan fingerprint density at radius 2 is 2.15 bits per heavy atom. The average Bonchev–Trinajstić information content (AvgIpc) is 2.84. The van der Waals surface area contributed by atoms with E-state index in [1.165, 1.54) is 0 Å². The second kappa shape index (κ2) is 5.40. The van der Waals surface area contributed by atoms with Crippen LogP contribution in [0.3, 0.4) is 0 Å². The first kappa shape index (κ1) is 13.4. The Bertz CT molecular complexity index is 685. The number of carboxylic acid groups (broad SMARTS) is 1. The molecule has 0 spiro atoms. The third kappa shape index (κ3) is 2.63. The Kier molecular flexibility index (Phi) is 3.60. The van der Waals surface area contributed by atoms with Crippen LogP contribution in [0.1, 0.15) is 28.0 Å². The summed E-state index contributed by atoms with van der Waals surface area (Å²) in [6.07, 6.45) is 2.80. The smallest absolute Gasteiger partial charge is 0.341 e. The first-order chi connectivity index (χ1) is 9.63. The molecule has 20 heavy (non-hydrogen) atoms. The Hall–Kier alpha value is -1.63. The van der Waals surface area contributed by atoms with Crippen LogP contribution >= 0.6 is 22.6 Å². The molecule has 4 nitrogen and oxygen atoms in total. The van der Waals surface area contributed by atoms with Crippen molar-refractivity contribution in [3.8, 4) is 11.6 Å². The topological polar surface area (TPSA) is 59.4 Å². The van der Waals surface area contributed by atoms with Gasteiger partial charge in [-0.2, -0.15) is 0 Å². The fourth-order valence-electron chi connectivity index (χ4n) is 2.33. The molecule has 1 aromatic carbocycles. The van der Waals surface area contributed by atoms with Gasteiger partial charge in [-0.05, 0) is 71.7 Å². The van der Waals surface area contributed by atoms with Crippen molar-refractivity contribution in [1.29, 1.82) is 0 Å². The molecule has 0 aliphatic heterocycles. The summed E-state index contributed by atoms with van der Waals surface area (Å²) in [7, 11) is 0. The molecule has 1 aliphatic carbocycles. The number of ether oxygens (including phenoxy) is 1. The van der Waals surface area contributed by atoms with E-state index in [2.05, 4.69) is 27.6 Å². The molecule has 0 atom stereocenters. The molecule has 102 valence electrons. The van der Waals surface area contributed by atoms with Gasteiger partial charge in [-0.3, -0.25) is 0 Å². The summed E-state index contributed by atoms with van der Waals surface area (Å²) in [5.41, 5.74) is 2.11. The van der Waals surface area contributed by atoms with E-state index >= 15 is 0 Å². The lowest BCUT2D eigenvalue weighted by molar-refractivity contribution is 0.0693. The molecule has 0 saturated carbocycles. The highest BCUT2D eigenvalue weighted by Gasteiger charge is 2.21. The summed E-state index contributed by atoms with van der Waals surface area (Å²) < 4.78 is 6.71. The second-order valence-electron chi connectivity index (χ2n) is 4.67. The summed E-state index contributed by atoms with van der Waals surface area (Å²) in [5, 5.41) is 9.31. The van der Waals surface area contributed by atoms with E-state index in [-0.39, 0.29) is 11.4 Å². The summed E-state index contributed by atoms with van der Waals surface area (Å²) in [6.45, 7) is 0. The maximum atomic E-state index is 11.4. The number of carbonyl (C=O) groups is 1. The van der Waals surface area contributed by atoms with E-state index in [1.807, 2.05) is 18.2 Å². The highest BCUT2D eigenvalue weighted by molar-refractivity contribution is 14.1. The number of carboxylic acids is 1. The van der Waals surface area contributed by atoms with Crippen molar-refractivity contribution in [3.05, 3.63) is 50.7 Å². The monoisotopic (exact) mass is 381 g/mol. The van der Waals surface area contributed by atoms with Gasteiger partial charge in [0.05, 0.1) is 0 Å². The normalized spacial score (nSPS) is 13.1.